The number of tetrazole rings is 1. The highest BCUT2D eigenvalue weighted by Crippen LogP contribution is 2.13. The molecule has 0 unspecified atom stereocenters. The highest BCUT2D eigenvalue weighted by Gasteiger charge is 2.12. The van der Waals surface area contributed by atoms with Gasteiger partial charge in [-0.15, -0.1) is 16.4 Å². The van der Waals surface area contributed by atoms with Crippen molar-refractivity contribution < 1.29 is 14.7 Å². The minimum atomic E-state index is -1.04. The van der Waals surface area contributed by atoms with E-state index < -0.39 is 5.97 Å². The smallest absolute Gasteiger partial charge is 0.325 e. The first-order valence-corrected chi connectivity index (χ1v) is 7.41. The summed E-state index contributed by atoms with van der Waals surface area (Å²) in [5.41, 5.74) is 0. The monoisotopic (exact) mass is 313 g/mol. The number of carboxylic acid groups (broad SMARTS) is 1. The Morgan fingerprint density at radius 2 is 2.35 bits per heavy atom. The molecule has 10 heteroatoms. The van der Waals surface area contributed by atoms with E-state index in [0.717, 1.165) is 21.3 Å². The number of rotatable bonds is 7. The first kappa shape index (κ1) is 14.5. The van der Waals surface area contributed by atoms with Gasteiger partial charge in [-0.2, -0.15) is 0 Å². The maximum Gasteiger partial charge on any atom is 0.325 e. The molecule has 20 heavy (non-hydrogen) atoms. The molecule has 0 bridgehead atoms. The van der Waals surface area contributed by atoms with E-state index in [-0.39, 0.29) is 18.2 Å². The number of nitrogens with one attached hydrogen (secondary N) is 1. The van der Waals surface area contributed by atoms with Crippen LogP contribution in [0.5, 0.6) is 0 Å². The maximum atomic E-state index is 11.6. The minimum Gasteiger partial charge on any atom is -0.480 e. The number of hydrogen-bond acceptors (Lipinski definition) is 7. The molecule has 2 rings (SSSR count). The van der Waals surface area contributed by atoms with Gasteiger partial charge in [0.15, 0.2) is 0 Å². The Balaban J connectivity index is 1.78. The molecule has 0 aliphatic carbocycles. The summed E-state index contributed by atoms with van der Waals surface area (Å²) < 4.78 is 1.14. The lowest BCUT2D eigenvalue weighted by molar-refractivity contribution is -0.138. The van der Waals surface area contributed by atoms with E-state index in [4.69, 9.17) is 5.11 Å². The number of aromatic nitrogens is 4. The summed E-state index contributed by atoms with van der Waals surface area (Å²) in [6.07, 6.45) is 0. The molecule has 0 aromatic carbocycles. The van der Waals surface area contributed by atoms with Crippen LogP contribution < -0.4 is 5.32 Å². The summed E-state index contributed by atoms with van der Waals surface area (Å²) in [6, 6.07) is 3.85. The van der Waals surface area contributed by atoms with Crippen molar-refractivity contribution in [1.82, 2.24) is 25.5 Å². The Labute approximate surface area is 122 Å². The van der Waals surface area contributed by atoms with E-state index in [0.29, 0.717) is 11.7 Å². The Kier molecular flexibility index (Phi) is 5.07. The molecule has 0 saturated heterocycles. The highest BCUT2D eigenvalue weighted by atomic mass is 32.2. The van der Waals surface area contributed by atoms with Crippen molar-refractivity contribution in [3.63, 3.8) is 0 Å². The van der Waals surface area contributed by atoms with Gasteiger partial charge in [0.1, 0.15) is 6.54 Å². The molecule has 0 spiro atoms. The predicted molar refractivity (Wildman–Crippen MR) is 72.3 cm³/mol. The van der Waals surface area contributed by atoms with Gasteiger partial charge < -0.3 is 10.4 Å². The standard InChI is InChI=1S/C10H11N5O3S2/c16-8(11-4-7-2-1-3-19-7)6-20-10-12-13-14-15(10)5-9(17)18/h1-3H,4-6H2,(H,11,16)(H,17,18). The van der Waals surface area contributed by atoms with Crippen LogP contribution in [0.25, 0.3) is 0 Å². The van der Waals surface area contributed by atoms with Gasteiger partial charge in [-0.05, 0) is 21.9 Å². The normalized spacial score (nSPS) is 10.4. The zero-order valence-electron chi connectivity index (χ0n) is 10.2. The lowest BCUT2D eigenvalue weighted by atomic mass is 10.4. The number of thiophene rings is 1. The number of carbonyl (C=O) groups is 2. The second-order valence-electron chi connectivity index (χ2n) is 3.66. The fourth-order valence-electron chi connectivity index (χ4n) is 1.31. The van der Waals surface area contributed by atoms with Crippen LogP contribution in [0.3, 0.4) is 0 Å². The fraction of sp³-hybridized carbons (Fsp3) is 0.300. The number of carbonyl (C=O) groups excluding carboxylic acids is 1. The van der Waals surface area contributed by atoms with E-state index in [1.54, 1.807) is 11.3 Å². The summed E-state index contributed by atoms with van der Waals surface area (Å²) in [5.74, 6) is -1.07. The predicted octanol–water partition coefficient (Wildman–Crippen LogP) is 0.228. The molecular weight excluding hydrogens is 302 g/mol. The number of aliphatic carboxylic acids is 1. The molecule has 0 aliphatic heterocycles. The summed E-state index contributed by atoms with van der Waals surface area (Å²) in [5, 5.41) is 24.3. The third-order valence-electron chi connectivity index (χ3n) is 2.16. The zero-order chi connectivity index (χ0) is 14.4. The van der Waals surface area contributed by atoms with Crippen LogP contribution >= 0.6 is 23.1 Å². The lowest BCUT2D eigenvalue weighted by Crippen LogP contribution is -2.24. The van der Waals surface area contributed by atoms with Gasteiger partial charge in [-0.3, -0.25) is 9.59 Å². The lowest BCUT2D eigenvalue weighted by Gasteiger charge is -2.03. The van der Waals surface area contributed by atoms with Crippen molar-refractivity contribution >= 4 is 35.0 Å². The van der Waals surface area contributed by atoms with Crippen LogP contribution in [0.15, 0.2) is 22.7 Å². The topological polar surface area (TPSA) is 110 Å². The van der Waals surface area contributed by atoms with Crippen molar-refractivity contribution in [2.24, 2.45) is 0 Å². The van der Waals surface area contributed by atoms with Gasteiger partial charge in [0.05, 0.1) is 12.3 Å². The van der Waals surface area contributed by atoms with Crippen LogP contribution in [0.2, 0.25) is 0 Å². The average Bonchev–Trinajstić information content (AvgIpc) is 3.04. The first-order chi connectivity index (χ1) is 9.65. The third kappa shape index (κ3) is 4.31. The molecule has 0 radical (unpaired) electrons. The summed E-state index contributed by atoms with van der Waals surface area (Å²) in [7, 11) is 0. The van der Waals surface area contributed by atoms with Crippen molar-refractivity contribution in [3.05, 3.63) is 22.4 Å². The molecule has 0 fully saturated rings. The fourth-order valence-corrected chi connectivity index (χ4v) is 2.66. The second kappa shape index (κ2) is 7.01. The molecule has 1 amide bonds. The van der Waals surface area contributed by atoms with E-state index >= 15 is 0 Å². The molecule has 0 saturated carbocycles. The summed E-state index contributed by atoms with van der Waals surface area (Å²) >= 11 is 2.66. The number of thioether (sulfide) groups is 1. The summed E-state index contributed by atoms with van der Waals surface area (Å²) in [4.78, 5) is 23.3. The van der Waals surface area contributed by atoms with Gasteiger partial charge in [-0.1, -0.05) is 17.8 Å². The van der Waals surface area contributed by atoms with Gasteiger partial charge in [0, 0.05) is 4.88 Å². The van der Waals surface area contributed by atoms with Gasteiger partial charge in [0.2, 0.25) is 11.1 Å². The van der Waals surface area contributed by atoms with Crippen molar-refractivity contribution in [2.75, 3.05) is 5.75 Å². The molecule has 2 N–H and O–H groups in total. The SMILES string of the molecule is O=C(O)Cn1nnnc1SCC(=O)NCc1cccs1. The number of amides is 1. The van der Waals surface area contributed by atoms with Crippen LogP contribution in [-0.4, -0.2) is 42.9 Å². The Bertz CT molecular complexity index is 583. The van der Waals surface area contributed by atoms with E-state index in [1.165, 1.54) is 0 Å². The van der Waals surface area contributed by atoms with E-state index in [2.05, 4.69) is 20.8 Å². The quantitative estimate of drug-likeness (QED) is 0.704. The molecule has 0 aliphatic rings. The van der Waals surface area contributed by atoms with Crippen molar-refractivity contribution in [3.8, 4) is 0 Å². The van der Waals surface area contributed by atoms with Gasteiger partial charge >= 0.3 is 5.97 Å². The second-order valence-corrected chi connectivity index (χ2v) is 5.63. The first-order valence-electron chi connectivity index (χ1n) is 5.55. The number of hydrogen-bond donors (Lipinski definition) is 2. The van der Waals surface area contributed by atoms with Crippen molar-refractivity contribution in [2.45, 2.75) is 18.2 Å². The van der Waals surface area contributed by atoms with Gasteiger partial charge in [-0.25, -0.2) is 4.68 Å². The van der Waals surface area contributed by atoms with Crippen LogP contribution in [-0.2, 0) is 22.7 Å². The molecule has 0 atom stereocenters. The maximum absolute atomic E-state index is 11.6. The number of carboxylic acids is 1. The summed E-state index contributed by atoms with van der Waals surface area (Å²) in [6.45, 7) is 0.156. The van der Waals surface area contributed by atoms with Crippen LogP contribution in [0.4, 0.5) is 0 Å². The van der Waals surface area contributed by atoms with Crippen LogP contribution in [0, 0.1) is 0 Å². The minimum absolute atomic E-state index is 0.130. The highest BCUT2D eigenvalue weighted by molar-refractivity contribution is 7.99. The molecule has 2 heterocycles. The molecular formula is C10H11N5O3S2. The van der Waals surface area contributed by atoms with Gasteiger partial charge in [0.25, 0.3) is 0 Å². The molecule has 106 valence electrons. The van der Waals surface area contributed by atoms with Crippen LogP contribution in [0.1, 0.15) is 4.88 Å². The largest absolute Gasteiger partial charge is 0.480 e. The Hall–Kier alpha value is -1.94. The Morgan fingerprint density at radius 1 is 1.50 bits per heavy atom. The molecule has 2 aromatic rings. The Morgan fingerprint density at radius 3 is 3.05 bits per heavy atom. The molecule has 8 nitrogen and oxygen atoms in total. The van der Waals surface area contributed by atoms with E-state index in [1.807, 2.05) is 17.5 Å². The van der Waals surface area contributed by atoms with Crippen molar-refractivity contribution in [1.29, 1.82) is 0 Å². The van der Waals surface area contributed by atoms with E-state index in [9.17, 15) is 9.59 Å². The average molecular weight is 313 g/mol. The number of nitrogens with zero attached hydrogens (tertiary/aromatic N) is 4. The zero-order valence-corrected chi connectivity index (χ0v) is 11.9. The third-order valence-corrected chi connectivity index (χ3v) is 3.99. The molecule has 2 aromatic heterocycles.